The molecule has 0 heterocycles. The van der Waals surface area contributed by atoms with Gasteiger partial charge in [-0.3, -0.25) is 0 Å². The van der Waals surface area contributed by atoms with Crippen molar-refractivity contribution in [3.8, 4) is 5.75 Å². The van der Waals surface area contributed by atoms with Crippen molar-refractivity contribution in [2.24, 2.45) is 0 Å². The number of aryl methyl sites for hydroxylation is 1. The highest BCUT2D eigenvalue weighted by Gasteiger charge is 2.31. The van der Waals surface area contributed by atoms with Crippen LogP contribution in [0.5, 0.6) is 5.75 Å². The molecule has 0 bridgehead atoms. The van der Waals surface area contributed by atoms with E-state index in [1.54, 1.807) is 13.0 Å². The van der Waals surface area contributed by atoms with Gasteiger partial charge in [0.1, 0.15) is 5.75 Å². The summed E-state index contributed by atoms with van der Waals surface area (Å²) in [4.78, 5) is 0. The van der Waals surface area contributed by atoms with Gasteiger partial charge in [0.15, 0.2) is 0 Å². The van der Waals surface area contributed by atoms with Gasteiger partial charge in [0.2, 0.25) is 0 Å². The highest BCUT2D eigenvalue weighted by Crippen LogP contribution is 2.24. The molecule has 2 nitrogen and oxygen atoms in total. The standard InChI is InChI=1S/C9H9F3O2/c1-6-2-7(5-13)4-8(3-6)14-9(10,11)12/h2-4,13H,5H2,1H3. The van der Waals surface area contributed by atoms with E-state index in [1.165, 1.54) is 6.07 Å². The van der Waals surface area contributed by atoms with Crippen molar-refractivity contribution < 1.29 is 23.0 Å². The molecule has 0 aliphatic heterocycles. The van der Waals surface area contributed by atoms with Crippen molar-refractivity contribution in [3.05, 3.63) is 29.3 Å². The lowest BCUT2D eigenvalue weighted by Gasteiger charge is -2.10. The van der Waals surface area contributed by atoms with Crippen LogP contribution >= 0.6 is 0 Å². The van der Waals surface area contributed by atoms with E-state index in [1.807, 2.05) is 0 Å². The summed E-state index contributed by atoms with van der Waals surface area (Å²) in [5.41, 5.74) is 1.00. The monoisotopic (exact) mass is 206 g/mol. The maximum atomic E-state index is 11.8. The second kappa shape index (κ2) is 3.88. The van der Waals surface area contributed by atoms with Crippen LogP contribution in [0, 0.1) is 6.92 Å². The summed E-state index contributed by atoms with van der Waals surface area (Å²) >= 11 is 0. The van der Waals surface area contributed by atoms with E-state index < -0.39 is 6.36 Å². The van der Waals surface area contributed by atoms with E-state index >= 15 is 0 Å². The maximum Gasteiger partial charge on any atom is 0.573 e. The smallest absolute Gasteiger partial charge is 0.406 e. The van der Waals surface area contributed by atoms with E-state index in [2.05, 4.69) is 4.74 Å². The Morgan fingerprint density at radius 2 is 1.93 bits per heavy atom. The Hall–Kier alpha value is -1.23. The zero-order chi connectivity index (χ0) is 10.8. The molecule has 0 aliphatic rings. The first-order valence-electron chi connectivity index (χ1n) is 3.88. The molecule has 0 spiro atoms. The Morgan fingerprint density at radius 1 is 1.29 bits per heavy atom. The van der Waals surface area contributed by atoms with Crippen LogP contribution in [0.4, 0.5) is 13.2 Å². The van der Waals surface area contributed by atoms with Gasteiger partial charge in [0.25, 0.3) is 0 Å². The summed E-state index contributed by atoms with van der Waals surface area (Å²) in [5.74, 6) is -0.304. The third-order valence-electron chi connectivity index (χ3n) is 1.53. The Labute approximate surface area is 78.9 Å². The molecule has 5 heteroatoms. The highest BCUT2D eigenvalue weighted by molar-refractivity contribution is 5.33. The second-order valence-electron chi connectivity index (χ2n) is 2.86. The molecule has 1 aromatic carbocycles. The van der Waals surface area contributed by atoms with Gasteiger partial charge < -0.3 is 9.84 Å². The van der Waals surface area contributed by atoms with E-state index in [0.29, 0.717) is 11.1 Å². The van der Waals surface area contributed by atoms with Crippen LogP contribution in [0.15, 0.2) is 18.2 Å². The minimum absolute atomic E-state index is 0.304. The second-order valence-corrected chi connectivity index (χ2v) is 2.86. The number of aliphatic hydroxyl groups is 1. The molecule has 0 saturated carbocycles. The third kappa shape index (κ3) is 3.26. The number of hydrogen-bond donors (Lipinski definition) is 1. The Bertz CT molecular complexity index is 320. The molecule has 1 rings (SSSR count). The topological polar surface area (TPSA) is 29.5 Å². The fourth-order valence-corrected chi connectivity index (χ4v) is 1.11. The zero-order valence-corrected chi connectivity index (χ0v) is 7.43. The molecule has 0 atom stereocenters. The van der Waals surface area contributed by atoms with Gasteiger partial charge in [0, 0.05) is 0 Å². The summed E-state index contributed by atoms with van der Waals surface area (Å²) in [5, 5.41) is 8.75. The first-order chi connectivity index (χ1) is 6.40. The number of hydrogen-bond acceptors (Lipinski definition) is 2. The molecule has 1 aromatic rings. The molecule has 78 valence electrons. The number of halogens is 3. The summed E-state index contributed by atoms with van der Waals surface area (Å²) in [7, 11) is 0. The summed E-state index contributed by atoms with van der Waals surface area (Å²) in [6, 6.07) is 4.00. The summed E-state index contributed by atoms with van der Waals surface area (Å²) in [6.45, 7) is 1.32. The molecule has 0 saturated heterocycles. The average molecular weight is 206 g/mol. The molecule has 0 aliphatic carbocycles. The van der Waals surface area contributed by atoms with Crippen LogP contribution in [0.25, 0.3) is 0 Å². The van der Waals surface area contributed by atoms with Crippen LogP contribution < -0.4 is 4.74 Å². The Balaban J connectivity index is 2.92. The van der Waals surface area contributed by atoms with Gasteiger partial charge in [-0.15, -0.1) is 13.2 Å². The minimum Gasteiger partial charge on any atom is -0.406 e. The van der Waals surface area contributed by atoms with Gasteiger partial charge in [-0.2, -0.15) is 0 Å². The van der Waals surface area contributed by atoms with Crippen LogP contribution in [-0.2, 0) is 6.61 Å². The van der Waals surface area contributed by atoms with Crippen molar-refractivity contribution in [1.29, 1.82) is 0 Å². The molecular weight excluding hydrogens is 197 g/mol. The van der Waals surface area contributed by atoms with E-state index in [0.717, 1.165) is 6.07 Å². The Kier molecular flexibility index (Phi) is 3.00. The zero-order valence-electron chi connectivity index (χ0n) is 7.43. The van der Waals surface area contributed by atoms with Crippen LogP contribution in [0.2, 0.25) is 0 Å². The van der Waals surface area contributed by atoms with Crippen molar-refractivity contribution in [1.82, 2.24) is 0 Å². The van der Waals surface area contributed by atoms with Crippen LogP contribution in [0.1, 0.15) is 11.1 Å². The molecule has 0 aromatic heterocycles. The van der Waals surface area contributed by atoms with Gasteiger partial charge in [-0.05, 0) is 30.2 Å². The SMILES string of the molecule is Cc1cc(CO)cc(OC(F)(F)F)c1. The lowest BCUT2D eigenvalue weighted by molar-refractivity contribution is -0.274. The lowest BCUT2D eigenvalue weighted by Crippen LogP contribution is -2.17. The van der Waals surface area contributed by atoms with Gasteiger partial charge in [0.05, 0.1) is 6.61 Å². The van der Waals surface area contributed by atoms with Crippen molar-refractivity contribution in [2.75, 3.05) is 0 Å². The number of benzene rings is 1. The van der Waals surface area contributed by atoms with E-state index in [-0.39, 0.29) is 12.4 Å². The molecule has 0 fully saturated rings. The van der Waals surface area contributed by atoms with E-state index in [9.17, 15) is 13.2 Å². The first-order valence-corrected chi connectivity index (χ1v) is 3.88. The molecular formula is C9H9F3O2. The number of alkyl halides is 3. The molecule has 0 radical (unpaired) electrons. The normalized spacial score (nSPS) is 11.5. The first kappa shape index (κ1) is 10.8. The van der Waals surface area contributed by atoms with Crippen LogP contribution in [0.3, 0.4) is 0 Å². The maximum absolute atomic E-state index is 11.8. The minimum atomic E-state index is -4.69. The molecule has 14 heavy (non-hydrogen) atoms. The quantitative estimate of drug-likeness (QED) is 0.804. The van der Waals surface area contributed by atoms with Gasteiger partial charge >= 0.3 is 6.36 Å². The number of aliphatic hydroxyl groups excluding tert-OH is 1. The van der Waals surface area contributed by atoms with E-state index in [4.69, 9.17) is 5.11 Å². The van der Waals surface area contributed by atoms with Gasteiger partial charge in [-0.25, -0.2) is 0 Å². The molecule has 0 amide bonds. The van der Waals surface area contributed by atoms with Gasteiger partial charge in [-0.1, -0.05) is 6.07 Å². The summed E-state index contributed by atoms with van der Waals surface area (Å²) in [6.07, 6.45) is -4.69. The lowest BCUT2D eigenvalue weighted by atomic mass is 10.1. The fraction of sp³-hybridized carbons (Fsp3) is 0.333. The van der Waals surface area contributed by atoms with Crippen molar-refractivity contribution >= 4 is 0 Å². The Morgan fingerprint density at radius 3 is 2.43 bits per heavy atom. The molecule has 0 unspecified atom stereocenters. The average Bonchev–Trinajstić information content (AvgIpc) is 1.99. The highest BCUT2D eigenvalue weighted by atomic mass is 19.4. The van der Waals surface area contributed by atoms with Crippen molar-refractivity contribution in [3.63, 3.8) is 0 Å². The fourth-order valence-electron chi connectivity index (χ4n) is 1.11. The van der Waals surface area contributed by atoms with Crippen molar-refractivity contribution in [2.45, 2.75) is 19.9 Å². The number of rotatable bonds is 2. The predicted molar refractivity (Wildman–Crippen MR) is 43.8 cm³/mol. The third-order valence-corrected chi connectivity index (χ3v) is 1.53. The van der Waals surface area contributed by atoms with Crippen LogP contribution in [-0.4, -0.2) is 11.5 Å². The summed E-state index contributed by atoms with van der Waals surface area (Å²) < 4.78 is 39.2. The predicted octanol–water partition coefficient (Wildman–Crippen LogP) is 2.39. The largest absolute Gasteiger partial charge is 0.573 e. The molecule has 1 N–H and O–H groups in total. The number of ether oxygens (including phenoxy) is 1.